The molecule has 0 aliphatic rings. The van der Waals surface area contributed by atoms with Crippen molar-refractivity contribution < 1.29 is 4.74 Å². The average molecular weight is 191 g/mol. The Labute approximate surface area is 80.0 Å². The van der Waals surface area contributed by atoms with Crippen molar-refractivity contribution in [2.75, 3.05) is 0 Å². The number of hydrogen-bond donors (Lipinski definition) is 0. The summed E-state index contributed by atoms with van der Waals surface area (Å²) in [6.07, 6.45) is 3.48. The molecule has 2 heterocycles. The second-order valence-electron chi connectivity index (χ2n) is 2.40. The molecule has 4 heteroatoms. The van der Waals surface area contributed by atoms with Gasteiger partial charge in [-0.05, 0) is 17.7 Å². The van der Waals surface area contributed by atoms with Crippen LogP contribution in [0.5, 0.6) is 5.88 Å². The van der Waals surface area contributed by atoms with E-state index in [1.54, 1.807) is 17.9 Å². The molecule has 2 aromatic rings. The third-order valence-electron chi connectivity index (χ3n) is 1.49. The maximum Gasteiger partial charge on any atom is 0.233 e. The van der Waals surface area contributed by atoms with Crippen LogP contribution in [0, 0.1) is 5.38 Å². The number of hydrogen-bond acceptors (Lipinski definition) is 4. The van der Waals surface area contributed by atoms with Crippen molar-refractivity contribution in [3.05, 3.63) is 41.0 Å². The van der Waals surface area contributed by atoms with Gasteiger partial charge in [-0.15, -0.1) is 11.3 Å². The Morgan fingerprint density at radius 2 is 2.23 bits per heavy atom. The third kappa shape index (κ3) is 2.26. The first-order valence-corrected chi connectivity index (χ1v) is 4.66. The summed E-state index contributed by atoms with van der Waals surface area (Å²) in [7, 11) is 0. The molecule has 0 aliphatic carbocycles. The minimum Gasteiger partial charge on any atom is -0.472 e. The van der Waals surface area contributed by atoms with E-state index in [9.17, 15) is 0 Å². The molecule has 3 nitrogen and oxygen atoms in total. The molecule has 0 saturated heterocycles. The molecule has 0 N–H and O–H groups in total. The summed E-state index contributed by atoms with van der Waals surface area (Å²) >= 11 is 1.40. The molecule has 0 unspecified atom stereocenters. The molecule has 2 aromatic heterocycles. The van der Waals surface area contributed by atoms with Crippen molar-refractivity contribution in [3.8, 4) is 5.88 Å². The highest BCUT2D eigenvalue weighted by molar-refractivity contribution is 7.07. The molecule has 0 bridgehead atoms. The topological polar surface area (TPSA) is 35.0 Å². The first-order valence-electron chi connectivity index (χ1n) is 3.78. The lowest BCUT2D eigenvalue weighted by Gasteiger charge is -2.00. The van der Waals surface area contributed by atoms with Crippen LogP contribution in [0.15, 0.2) is 30.0 Å². The Balaban J connectivity index is 1.94. The quantitative estimate of drug-likeness (QED) is 0.743. The van der Waals surface area contributed by atoms with E-state index in [0.29, 0.717) is 12.5 Å². The Hall–Kier alpha value is -1.42. The van der Waals surface area contributed by atoms with E-state index in [4.69, 9.17) is 4.74 Å². The van der Waals surface area contributed by atoms with E-state index in [-0.39, 0.29) is 0 Å². The average Bonchev–Trinajstić information content (AvgIpc) is 2.69. The molecule has 0 aliphatic heterocycles. The molecular weight excluding hydrogens is 184 g/mol. The maximum atomic E-state index is 5.35. The summed E-state index contributed by atoms with van der Waals surface area (Å²) in [6, 6.07) is 3.82. The molecule has 13 heavy (non-hydrogen) atoms. The Kier molecular flexibility index (Phi) is 2.52. The van der Waals surface area contributed by atoms with Gasteiger partial charge in [0.1, 0.15) is 12.0 Å². The van der Waals surface area contributed by atoms with Crippen molar-refractivity contribution >= 4 is 11.3 Å². The largest absolute Gasteiger partial charge is 0.472 e. The second-order valence-corrected chi connectivity index (χ2v) is 3.05. The van der Waals surface area contributed by atoms with Gasteiger partial charge in [0.15, 0.2) is 0 Å². The third-order valence-corrected chi connectivity index (χ3v) is 2.00. The van der Waals surface area contributed by atoms with Crippen LogP contribution in [0.4, 0.5) is 0 Å². The SMILES string of the molecule is [c]1scnc1OCc1ccncc1. The van der Waals surface area contributed by atoms with Gasteiger partial charge in [0, 0.05) is 12.4 Å². The predicted molar refractivity (Wildman–Crippen MR) is 49.5 cm³/mol. The molecule has 0 atom stereocenters. The van der Waals surface area contributed by atoms with E-state index in [1.807, 2.05) is 12.1 Å². The molecule has 0 aromatic carbocycles. The standard InChI is InChI=1S/C9H7N2OS/c1-3-10-4-2-8(1)5-12-9-6-13-7-11-9/h1-4,7H,5H2. The van der Waals surface area contributed by atoms with Crippen LogP contribution in [0.2, 0.25) is 0 Å². The number of nitrogens with zero attached hydrogens (tertiary/aromatic N) is 2. The fraction of sp³-hybridized carbons (Fsp3) is 0.111. The highest BCUT2D eigenvalue weighted by Gasteiger charge is 1.96. The summed E-state index contributed by atoms with van der Waals surface area (Å²) in [5.41, 5.74) is 2.78. The van der Waals surface area contributed by atoms with Gasteiger partial charge < -0.3 is 4.74 Å². The Morgan fingerprint density at radius 3 is 2.92 bits per heavy atom. The summed E-state index contributed by atoms with van der Waals surface area (Å²) in [5, 5.41) is 2.90. The molecule has 0 fully saturated rings. The van der Waals surface area contributed by atoms with Gasteiger partial charge in [-0.25, -0.2) is 4.98 Å². The van der Waals surface area contributed by atoms with Gasteiger partial charge in [-0.2, -0.15) is 0 Å². The maximum absolute atomic E-state index is 5.35. The normalized spacial score (nSPS) is 9.85. The van der Waals surface area contributed by atoms with Gasteiger partial charge in [0.05, 0.1) is 5.51 Å². The van der Waals surface area contributed by atoms with Gasteiger partial charge in [-0.3, -0.25) is 4.98 Å². The van der Waals surface area contributed by atoms with Crippen molar-refractivity contribution in [3.63, 3.8) is 0 Å². The second kappa shape index (κ2) is 4.00. The fourth-order valence-electron chi connectivity index (χ4n) is 0.875. The van der Waals surface area contributed by atoms with Gasteiger partial charge in [-0.1, -0.05) is 0 Å². The molecule has 1 radical (unpaired) electrons. The van der Waals surface area contributed by atoms with E-state index < -0.39 is 0 Å². The number of aromatic nitrogens is 2. The smallest absolute Gasteiger partial charge is 0.233 e. The van der Waals surface area contributed by atoms with Crippen LogP contribution < -0.4 is 4.74 Å². The first kappa shape index (κ1) is 8.19. The van der Waals surface area contributed by atoms with Crippen LogP contribution in [0.1, 0.15) is 5.56 Å². The van der Waals surface area contributed by atoms with Crippen molar-refractivity contribution in [2.24, 2.45) is 0 Å². The van der Waals surface area contributed by atoms with Crippen LogP contribution in [-0.4, -0.2) is 9.97 Å². The molecule has 2 rings (SSSR count). The Morgan fingerprint density at radius 1 is 1.38 bits per heavy atom. The van der Waals surface area contributed by atoms with Crippen LogP contribution in [-0.2, 0) is 6.61 Å². The van der Waals surface area contributed by atoms with Crippen LogP contribution >= 0.6 is 11.3 Å². The van der Waals surface area contributed by atoms with E-state index in [2.05, 4.69) is 15.3 Å². The van der Waals surface area contributed by atoms with Crippen LogP contribution in [0.25, 0.3) is 0 Å². The zero-order chi connectivity index (χ0) is 8.93. The van der Waals surface area contributed by atoms with Gasteiger partial charge in [0.25, 0.3) is 0 Å². The number of rotatable bonds is 3. The monoisotopic (exact) mass is 191 g/mol. The predicted octanol–water partition coefficient (Wildman–Crippen LogP) is 1.92. The summed E-state index contributed by atoms with van der Waals surface area (Å²) in [4.78, 5) is 7.87. The first-order chi connectivity index (χ1) is 6.45. The highest BCUT2D eigenvalue weighted by atomic mass is 32.1. The van der Waals surface area contributed by atoms with E-state index in [0.717, 1.165) is 5.56 Å². The van der Waals surface area contributed by atoms with Crippen molar-refractivity contribution in [1.29, 1.82) is 0 Å². The number of pyridine rings is 1. The summed E-state index contributed by atoms with van der Waals surface area (Å²) in [6.45, 7) is 0.517. The molecule has 0 amide bonds. The molecule has 65 valence electrons. The van der Waals surface area contributed by atoms with Crippen LogP contribution in [0.3, 0.4) is 0 Å². The van der Waals surface area contributed by atoms with Crippen molar-refractivity contribution in [2.45, 2.75) is 6.61 Å². The summed E-state index contributed by atoms with van der Waals surface area (Å²) in [5.74, 6) is 0.557. The molecule has 0 spiro atoms. The Bertz CT molecular complexity index is 347. The lowest BCUT2D eigenvalue weighted by molar-refractivity contribution is 0.295. The van der Waals surface area contributed by atoms with E-state index in [1.165, 1.54) is 11.3 Å². The zero-order valence-corrected chi connectivity index (χ0v) is 7.62. The highest BCUT2D eigenvalue weighted by Crippen LogP contribution is 2.10. The zero-order valence-electron chi connectivity index (χ0n) is 6.80. The number of ether oxygens (including phenoxy) is 1. The summed E-state index contributed by atoms with van der Waals surface area (Å²) < 4.78 is 5.35. The fourth-order valence-corrected chi connectivity index (χ4v) is 1.29. The lowest BCUT2D eigenvalue weighted by Crippen LogP contribution is -1.95. The molecular formula is C9H7N2OS. The minimum atomic E-state index is 0.517. The van der Waals surface area contributed by atoms with Gasteiger partial charge in [0.2, 0.25) is 5.88 Å². The lowest BCUT2D eigenvalue weighted by atomic mass is 10.3. The van der Waals surface area contributed by atoms with E-state index >= 15 is 0 Å². The van der Waals surface area contributed by atoms with Crippen molar-refractivity contribution in [1.82, 2.24) is 9.97 Å². The minimum absolute atomic E-state index is 0.517. The molecule has 0 saturated carbocycles. The number of thiazole rings is 1. The van der Waals surface area contributed by atoms with Gasteiger partial charge >= 0.3 is 0 Å².